The third-order valence-electron chi connectivity index (χ3n) is 3.76. The highest BCUT2D eigenvalue weighted by Crippen LogP contribution is 2.26. The third-order valence-corrected chi connectivity index (χ3v) is 3.76. The zero-order valence-electron chi connectivity index (χ0n) is 12.7. The van der Waals surface area contributed by atoms with Gasteiger partial charge in [-0.3, -0.25) is 4.79 Å². The second-order valence-corrected chi connectivity index (χ2v) is 5.51. The molecule has 128 valence electrons. The van der Waals surface area contributed by atoms with E-state index in [1.807, 2.05) is 0 Å². The van der Waals surface area contributed by atoms with Gasteiger partial charge in [-0.05, 0) is 30.7 Å². The van der Waals surface area contributed by atoms with E-state index in [4.69, 9.17) is 4.74 Å². The van der Waals surface area contributed by atoms with Crippen LogP contribution < -0.4 is 15.4 Å². The van der Waals surface area contributed by atoms with E-state index in [0.29, 0.717) is 25.1 Å². The molecule has 0 radical (unpaired) electrons. The Kier molecular flexibility index (Phi) is 5.48. The maximum atomic E-state index is 12.4. The van der Waals surface area contributed by atoms with E-state index < -0.39 is 11.8 Å². The lowest BCUT2D eigenvalue weighted by Crippen LogP contribution is -2.45. The van der Waals surface area contributed by atoms with Crippen LogP contribution in [0.15, 0.2) is 24.3 Å². The highest BCUT2D eigenvalue weighted by molar-refractivity contribution is 5.83. The Labute approximate surface area is 132 Å². The summed E-state index contributed by atoms with van der Waals surface area (Å²) in [7, 11) is 1.55. The molecule has 2 rings (SSSR count). The Hall–Kier alpha value is -1.80. The molecular formula is C15H19F3N2O3. The average Bonchev–Trinajstić information content (AvgIpc) is 2.95. The van der Waals surface area contributed by atoms with E-state index in [1.54, 1.807) is 7.11 Å². The molecule has 0 aromatic heterocycles. The highest BCUT2D eigenvalue weighted by atomic mass is 19.4. The quantitative estimate of drug-likeness (QED) is 0.834. The topological polar surface area (TPSA) is 59.6 Å². The largest absolute Gasteiger partial charge is 0.573 e. The molecule has 5 nitrogen and oxygen atoms in total. The molecular weight excluding hydrogens is 313 g/mol. The number of nitrogens with one attached hydrogen (secondary N) is 2. The highest BCUT2D eigenvalue weighted by Gasteiger charge is 2.41. The van der Waals surface area contributed by atoms with Crippen LogP contribution in [0.4, 0.5) is 13.2 Å². The molecule has 1 amide bonds. The van der Waals surface area contributed by atoms with Gasteiger partial charge >= 0.3 is 6.36 Å². The maximum absolute atomic E-state index is 12.4. The van der Waals surface area contributed by atoms with E-state index in [9.17, 15) is 18.0 Å². The molecule has 1 aliphatic heterocycles. The molecule has 0 bridgehead atoms. The summed E-state index contributed by atoms with van der Waals surface area (Å²) in [5.74, 6) is -0.414. The van der Waals surface area contributed by atoms with Crippen molar-refractivity contribution in [3.8, 4) is 5.75 Å². The molecule has 2 N–H and O–H groups in total. The molecule has 1 heterocycles. The number of ether oxygens (including phenoxy) is 2. The normalized spacial score (nSPS) is 21.2. The number of benzene rings is 1. The molecule has 23 heavy (non-hydrogen) atoms. The van der Waals surface area contributed by atoms with Crippen molar-refractivity contribution in [3.05, 3.63) is 29.8 Å². The molecule has 1 aromatic rings. The van der Waals surface area contributed by atoms with E-state index in [-0.39, 0.29) is 18.2 Å². The van der Waals surface area contributed by atoms with Crippen LogP contribution in [0.25, 0.3) is 0 Å². The molecule has 1 aliphatic rings. The molecule has 0 aliphatic carbocycles. The lowest BCUT2D eigenvalue weighted by molar-refractivity contribution is -0.274. The Bertz CT molecular complexity index is 526. The van der Waals surface area contributed by atoms with Crippen molar-refractivity contribution in [1.82, 2.24) is 10.6 Å². The minimum absolute atomic E-state index is 0.125. The molecule has 1 atom stereocenters. The minimum atomic E-state index is -4.71. The first-order valence-electron chi connectivity index (χ1n) is 7.17. The number of halogens is 3. The van der Waals surface area contributed by atoms with E-state index in [2.05, 4.69) is 15.4 Å². The van der Waals surface area contributed by atoms with Crippen LogP contribution in [0.1, 0.15) is 12.0 Å². The van der Waals surface area contributed by atoms with Crippen LogP contribution in [0.2, 0.25) is 0 Å². The SMILES string of the molecule is COCC1(C(=O)NCc2ccc(OC(F)(F)F)cc2)CCNC1. The zero-order chi connectivity index (χ0) is 16.9. The second kappa shape index (κ2) is 7.18. The smallest absolute Gasteiger partial charge is 0.406 e. The minimum Gasteiger partial charge on any atom is -0.406 e. The van der Waals surface area contributed by atoms with Gasteiger partial charge in [0.1, 0.15) is 5.75 Å². The summed E-state index contributed by atoms with van der Waals surface area (Å²) < 4.78 is 45.2. The standard InChI is InChI=1S/C15H19F3N2O3/c1-22-10-14(6-7-19-9-14)13(21)20-8-11-2-4-12(5-3-11)23-15(16,17)18/h2-5,19H,6-10H2,1H3,(H,20,21). The van der Waals surface area contributed by atoms with Gasteiger partial charge in [-0.15, -0.1) is 13.2 Å². The van der Waals surface area contributed by atoms with Crippen LogP contribution in [-0.4, -0.2) is 39.1 Å². The monoisotopic (exact) mass is 332 g/mol. The number of hydrogen-bond acceptors (Lipinski definition) is 4. The van der Waals surface area contributed by atoms with Crippen LogP contribution in [0, 0.1) is 5.41 Å². The fraction of sp³-hybridized carbons (Fsp3) is 0.533. The van der Waals surface area contributed by atoms with Gasteiger partial charge in [0.2, 0.25) is 5.91 Å². The van der Waals surface area contributed by atoms with Gasteiger partial charge in [0.25, 0.3) is 0 Å². The number of methoxy groups -OCH3 is 1. The second-order valence-electron chi connectivity index (χ2n) is 5.51. The first-order chi connectivity index (χ1) is 10.8. The fourth-order valence-electron chi connectivity index (χ4n) is 2.58. The summed E-state index contributed by atoms with van der Waals surface area (Å²) in [6, 6.07) is 5.41. The van der Waals surface area contributed by atoms with Gasteiger partial charge in [0.15, 0.2) is 0 Å². The van der Waals surface area contributed by atoms with Crippen LogP contribution >= 0.6 is 0 Å². The molecule has 0 spiro atoms. The molecule has 1 saturated heterocycles. The predicted octanol–water partition coefficient (Wildman–Crippen LogP) is 1.83. The van der Waals surface area contributed by atoms with Gasteiger partial charge in [0, 0.05) is 20.2 Å². The number of hydrogen-bond donors (Lipinski definition) is 2. The Morgan fingerprint density at radius 2 is 2.04 bits per heavy atom. The van der Waals surface area contributed by atoms with E-state index >= 15 is 0 Å². The summed E-state index contributed by atoms with van der Waals surface area (Å²) in [6.45, 7) is 1.85. The Morgan fingerprint density at radius 1 is 1.35 bits per heavy atom. The average molecular weight is 332 g/mol. The van der Waals surface area contributed by atoms with Crippen molar-refractivity contribution in [3.63, 3.8) is 0 Å². The van der Waals surface area contributed by atoms with Crippen molar-refractivity contribution in [2.24, 2.45) is 5.41 Å². The van der Waals surface area contributed by atoms with Crippen LogP contribution in [0.3, 0.4) is 0 Å². The van der Waals surface area contributed by atoms with Gasteiger partial charge in [-0.2, -0.15) is 0 Å². The fourth-order valence-corrected chi connectivity index (χ4v) is 2.58. The Morgan fingerprint density at radius 3 is 2.57 bits per heavy atom. The van der Waals surface area contributed by atoms with Crippen molar-refractivity contribution in [2.75, 3.05) is 26.8 Å². The van der Waals surface area contributed by atoms with Crippen LogP contribution in [-0.2, 0) is 16.1 Å². The third kappa shape index (κ3) is 4.84. The van der Waals surface area contributed by atoms with Crippen molar-refractivity contribution in [2.45, 2.75) is 19.3 Å². The zero-order valence-corrected chi connectivity index (χ0v) is 12.7. The number of alkyl halides is 3. The number of carbonyl (C=O) groups excluding carboxylic acids is 1. The first-order valence-corrected chi connectivity index (χ1v) is 7.17. The Balaban J connectivity index is 1.91. The molecule has 1 aromatic carbocycles. The van der Waals surface area contributed by atoms with Gasteiger partial charge in [-0.1, -0.05) is 12.1 Å². The van der Waals surface area contributed by atoms with E-state index in [0.717, 1.165) is 6.54 Å². The lowest BCUT2D eigenvalue weighted by Gasteiger charge is -2.26. The van der Waals surface area contributed by atoms with E-state index in [1.165, 1.54) is 24.3 Å². The number of amides is 1. The van der Waals surface area contributed by atoms with Crippen molar-refractivity contribution >= 4 is 5.91 Å². The van der Waals surface area contributed by atoms with Gasteiger partial charge < -0.3 is 20.1 Å². The summed E-state index contributed by atoms with van der Waals surface area (Å²) in [5.41, 5.74) is 0.0973. The molecule has 1 unspecified atom stereocenters. The maximum Gasteiger partial charge on any atom is 0.573 e. The van der Waals surface area contributed by atoms with Crippen LogP contribution in [0.5, 0.6) is 5.75 Å². The van der Waals surface area contributed by atoms with Crippen molar-refractivity contribution < 1.29 is 27.4 Å². The molecule has 1 fully saturated rings. The lowest BCUT2D eigenvalue weighted by atomic mass is 9.87. The van der Waals surface area contributed by atoms with Crippen molar-refractivity contribution in [1.29, 1.82) is 0 Å². The molecule has 0 saturated carbocycles. The van der Waals surface area contributed by atoms with Gasteiger partial charge in [0.05, 0.1) is 12.0 Å². The summed E-state index contributed by atoms with van der Waals surface area (Å²) in [5, 5.41) is 5.95. The first kappa shape index (κ1) is 17.6. The summed E-state index contributed by atoms with van der Waals surface area (Å²) >= 11 is 0. The number of carbonyl (C=O) groups is 1. The molecule has 8 heteroatoms. The van der Waals surface area contributed by atoms with Gasteiger partial charge in [-0.25, -0.2) is 0 Å². The summed E-state index contributed by atoms with van der Waals surface area (Å²) in [6.07, 6.45) is -4.03. The number of rotatable bonds is 6. The summed E-state index contributed by atoms with van der Waals surface area (Å²) in [4.78, 5) is 12.4. The predicted molar refractivity (Wildman–Crippen MR) is 76.8 cm³/mol.